The predicted octanol–water partition coefficient (Wildman–Crippen LogP) is 1.45. The number of hydrogen-bond acceptors (Lipinski definition) is 1. The van der Waals surface area contributed by atoms with Crippen LogP contribution in [0.4, 0.5) is 0 Å². The Morgan fingerprint density at radius 1 is 1.11 bits per heavy atom. The molecule has 0 aliphatic carbocycles. The number of nitrogens with zero attached hydrogens (tertiary/aromatic N) is 1. The van der Waals surface area contributed by atoms with E-state index in [-0.39, 0.29) is 0 Å². The number of rotatable bonds is 3. The Labute approximate surface area is 60.9 Å². The Kier molecular flexibility index (Phi) is 3.89. The highest BCUT2D eigenvalue weighted by Gasteiger charge is 2.24. The molecule has 0 N–H and O–H groups in total. The van der Waals surface area contributed by atoms with Gasteiger partial charge in [0.15, 0.2) is 0 Å². The first kappa shape index (κ1) is 8.98. The van der Waals surface area contributed by atoms with E-state index in [4.69, 9.17) is 0 Å². The van der Waals surface area contributed by atoms with Gasteiger partial charge in [-0.05, 0) is 32.0 Å². The SMILES string of the molecule is CC(C)N([S+]=O)C(C)C. The van der Waals surface area contributed by atoms with Gasteiger partial charge in [-0.2, -0.15) is 0 Å². The minimum absolute atomic E-state index is 0.340. The van der Waals surface area contributed by atoms with Crippen molar-refractivity contribution in [1.29, 1.82) is 0 Å². The monoisotopic (exact) mass is 148 g/mol. The van der Waals surface area contributed by atoms with Gasteiger partial charge in [-0.15, -0.1) is 0 Å². The fraction of sp³-hybridized carbons (Fsp3) is 1.00. The Bertz CT molecular complexity index is 85.1. The van der Waals surface area contributed by atoms with Gasteiger partial charge in [-0.3, -0.25) is 0 Å². The normalized spacial score (nSPS) is 11.4. The zero-order valence-electron chi connectivity index (χ0n) is 6.42. The second-order valence-electron chi connectivity index (χ2n) is 2.62. The van der Waals surface area contributed by atoms with Gasteiger partial charge in [-0.1, -0.05) is 0 Å². The van der Waals surface area contributed by atoms with Crippen LogP contribution in [0.3, 0.4) is 0 Å². The summed E-state index contributed by atoms with van der Waals surface area (Å²) in [6.45, 7) is 8.07. The first-order valence-electron chi connectivity index (χ1n) is 3.18. The summed E-state index contributed by atoms with van der Waals surface area (Å²) < 4.78 is 12.2. The molecule has 0 bridgehead atoms. The Morgan fingerprint density at radius 2 is 1.44 bits per heavy atom. The molecule has 0 fully saturated rings. The van der Waals surface area contributed by atoms with Gasteiger partial charge in [0.05, 0.1) is 16.3 Å². The summed E-state index contributed by atoms with van der Waals surface area (Å²) in [4.78, 5) is 0. The summed E-state index contributed by atoms with van der Waals surface area (Å²) in [5, 5.41) is 0. The van der Waals surface area contributed by atoms with Crippen LogP contribution in [0.5, 0.6) is 0 Å². The topological polar surface area (TPSA) is 20.3 Å². The highest BCUT2D eigenvalue weighted by atomic mass is 32.2. The molecule has 0 aromatic heterocycles. The first-order valence-corrected chi connectivity index (χ1v) is 3.87. The zero-order chi connectivity index (χ0) is 7.44. The van der Waals surface area contributed by atoms with Crippen molar-refractivity contribution in [2.45, 2.75) is 39.8 Å². The molecule has 0 spiro atoms. The molecule has 54 valence electrons. The van der Waals surface area contributed by atoms with Crippen molar-refractivity contribution in [2.75, 3.05) is 0 Å². The van der Waals surface area contributed by atoms with Crippen LogP contribution >= 0.6 is 0 Å². The van der Waals surface area contributed by atoms with Crippen molar-refractivity contribution in [3.63, 3.8) is 0 Å². The molecule has 0 aliphatic heterocycles. The summed E-state index contributed by atoms with van der Waals surface area (Å²) in [5.74, 6) is 0. The van der Waals surface area contributed by atoms with Gasteiger partial charge in [-0.25, -0.2) is 0 Å². The summed E-state index contributed by atoms with van der Waals surface area (Å²) in [5.41, 5.74) is 0. The standard InChI is InChI=1S/C6H14NOS/c1-5(2)7(9-8)6(3)4/h5-6H,1-4H3/q+1. The van der Waals surface area contributed by atoms with Crippen LogP contribution in [0.25, 0.3) is 0 Å². The largest absolute Gasteiger partial charge is 0.590 e. The molecule has 0 heterocycles. The minimum Gasteiger partial charge on any atom is -0.0447 e. The molecule has 3 heteroatoms. The highest BCUT2D eigenvalue weighted by Crippen LogP contribution is 2.01. The molecule has 0 aromatic rings. The van der Waals surface area contributed by atoms with E-state index in [2.05, 4.69) is 0 Å². The maximum Gasteiger partial charge on any atom is 0.590 e. The highest BCUT2D eigenvalue weighted by molar-refractivity contribution is 7.62. The molecule has 0 aromatic carbocycles. The van der Waals surface area contributed by atoms with Crippen LogP contribution in [0, 0.1) is 0 Å². The molecule has 0 amide bonds. The molecule has 9 heavy (non-hydrogen) atoms. The van der Waals surface area contributed by atoms with E-state index in [1.54, 1.807) is 0 Å². The van der Waals surface area contributed by atoms with Crippen molar-refractivity contribution >= 4 is 11.9 Å². The molecule has 0 unspecified atom stereocenters. The van der Waals surface area contributed by atoms with Crippen LogP contribution < -0.4 is 0 Å². The van der Waals surface area contributed by atoms with Crippen LogP contribution in [-0.4, -0.2) is 16.4 Å². The molecule has 2 nitrogen and oxygen atoms in total. The summed E-state index contributed by atoms with van der Waals surface area (Å²) in [6.07, 6.45) is 0. The quantitative estimate of drug-likeness (QED) is 0.438. The third-order valence-corrected chi connectivity index (χ3v) is 2.12. The van der Waals surface area contributed by atoms with Crippen LogP contribution in [-0.2, 0) is 16.1 Å². The molecule has 0 saturated carbocycles. The lowest BCUT2D eigenvalue weighted by Crippen LogP contribution is -2.32. The van der Waals surface area contributed by atoms with Gasteiger partial charge < -0.3 is 0 Å². The van der Waals surface area contributed by atoms with E-state index in [9.17, 15) is 4.21 Å². The van der Waals surface area contributed by atoms with Crippen molar-refractivity contribution in [3.05, 3.63) is 0 Å². The van der Waals surface area contributed by atoms with Crippen molar-refractivity contribution in [1.82, 2.24) is 4.31 Å². The van der Waals surface area contributed by atoms with E-state index >= 15 is 0 Å². The lowest BCUT2D eigenvalue weighted by atomic mass is 10.3. The number of hydrogen-bond donors (Lipinski definition) is 0. The first-order chi connectivity index (χ1) is 4.09. The van der Waals surface area contributed by atoms with Crippen molar-refractivity contribution < 1.29 is 4.21 Å². The Balaban J connectivity index is 3.82. The van der Waals surface area contributed by atoms with E-state index in [1.807, 2.05) is 32.0 Å². The fourth-order valence-electron chi connectivity index (χ4n) is 0.768. The van der Waals surface area contributed by atoms with E-state index in [0.717, 1.165) is 0 Å². The molecular weight excluding hydrogens is 134 g/mol. The molecule has 0 aliphatic rings. The Morgan fingerprint density at radius 3 is 1.44 bits per heavy atom. The minimum atomic E-state index is 0.340. The summed E-state index contributed by atoms with van der Waals surface area (Å²) >= 11 is 0.569. The average molecular weight is 148 g/mol. The lowest BCUT2D eigenvalue weighted by Gasteiger charge is -2.10. The second-order valence-corrected chi connectivity index (χ2v) is 3.19. The molecular formula is C6H14NOS+. The van der Waals surface area contributed by atoms with Gasteiger partial charge in [0, 0.05) is 0 Å². The summed E-state index contributed by atoms with van der Waals surface area (Å²) in [6, 6.07) is 0.681. The van der Waals surface area contributed by atoms with Crippen LogP contribution in [0.2, 0.25) is 0 Å². The third-order valence-electron chi connectivity index (χ3n) is 1.10. The maximum atomic E-state index is 10.4. The molecule has 0 atom stereocenters. The second kappa shape index (κ2) is 3.90. The van der Waals surface area contributed by atoms with Crippen molar-refractivity contribution in [3.8, 4) is 0 Å². The van der Waals surface area contributed by atoms with Gasteiger partial charge in [0.2, 0.25) is 0 Å². The maximum absolute atomic E-state index is 10.4. The zero-order valence-corrected chi connectivity index (χ0v) is 7.23. The summed E-state index contributed by atoms with van der Waals surface area (Å²) in [7, 11) is 0. The van der Waals surface area contributed by atoms with E-state index < -0.39 is 0 Å². The smallest absolute Gasteiger partial charge is 0.0447 e. The van der Waals surface area contributed by atoms with Gasteiger partial charge >= 0.3 is 11.9 Å². The third kappa shape index (κ3) is 2.87. The average Bonchev–Trinajstić information content (AvgIpc) is 1.64. The van der Waals surface area contributed by atoms with Gasteiger partial charge in [0.1, 0.15) is 0 Å². The van der Waals surface area contributed by atoms with Crippen LogP contribution in [0.15, 0.2) is 0 Å². The molecule has 0 rings (SSSR count). The van der Waals surface area contributed by atoms with Gasteiger partial charge in [0.25, 0.3) is 0 Å². The Hall–Kier alpha value is -0.0200. The van der Waals surface area contributed by atoms with Crippen LogP contribution in [0.1, 0.15) is 27.7 Å². The van der Waals surface area contributed by atoms with E-state index in [1.165, 1.54) is 0 Å². The van der Waals surface area contributed by atoms with Crippen molar-refractivity contribution in [2.24, 2.45) is 0 Å². The molecule has 0 saturated heterocycles. The predicted molar refractivity (Wildman–Crippen MR) is 40.2 cm³/mol. The van der Waals surface area contributed by atoms with E-state index in [0.29, 0.717) is 23.9 Å². The lowest BCUT2D eigenvalue weighted by molar-refractivity contribution is 0.324. The molecule has 0 radical (unpaired) electrons. The fourth-order valence-corrected chi connectivity index (χ4v) is 1.11.